The van der Waals surface area contributed by atoms with Crippen LogP contribution in [0.5, 0.6) is 0 Å². The topological polar surface area (TPSA) is 6.48 Å². The molecule has 0 bridgehead atoms. The number of nitrogens with zero attached hydrogens (tertiary/aromatic N) is 2. The Labute approximate surface area is 174 Å². The lowest BCUT2D eigenvalue weighted by molar-refractivity contribution is 0.0307. The van der Waals surface area contributed by atoms with Crippen molar-refractivity contribution in [3.8, 4) is 0 Å². The zero-order valence-corrected chi connectivity index (χ0v) is 18.2. The van der Waals surface area contributed by atoms with Crippen molar-refractivity contribution in [1.82, 2.24) is 4.90 Å². The second-order valence-corrected chi connectivity index (χ2v) is 9.54. The van der Waals surface area contributed by atoms with Gasteiger partial charge in [0.05, 0.1) is 0 Å². The van der Waals surface area contributed by atoms with Crippen LogP contribution in [0.1, 0.15) is 63.5 Å². The molecule has 0 saturated carbocycles. The average molecular weight is 401 g/mol. The molecule has 2 nitrogen and oxygen atoms in total. The molecule has 0 N–H and O–H groups in total. The number of likely N-dealkylation sites (tertiary alicyclic amines) is 1. The van der Waals surface area contributed by atoms with Crippen LogP contribution in [0.3, 0.4) is 0 Å². The van der Waals surface area contributed by atoms with Crippen LogP contribution in [0.15, 0.2) is 42.1 Å². The first-order valence-corrected chi connectivity index (χ1v) is 11.1. The summed E-state index contributed by atoms with van der Waals surface area (Å²) in [6.07, 6.45) is 8.60. The van der Waals surface area contributed by atoms with Crippen molar-refractivity contribution in [3.63, 3.8) is 0 Å². The van der Waals surface area contributed by atoms with E-state index >= 15 is 0 Å². The maximum absolute atomic E-state index is 14.2. The summed E-state index contributed by atoms with van der Waals surface area (Å²) in [5, 5.41) is 0. The number of likely N-dealkylation sites (N-methyl/N-ethyl adjacent to an activating group) is 1. The Morgan fingerprint density at radius 3 is 2.69 bits per heavy atom. The van der Waals surface area contributed by atoms with Crippen molar-refractivity contribution in [1.29, 1.82) is 0 Å². The molecule has 1 fully saturated rings. The highest BCUT2D eigenvalue weighted by Crippen LogP contribution is 2.57. The van der Waals surface area contributed by atoms with Gasteiger partial charge in [0, 0.05) is 30.4 Å². The fraction of sp³-hybridized carbons (Fsp3) is 0.600. The van der Waals surface area contributed by atoms with Gasteiger partial charge in [-0.05, 0) is 67.0 Å². The molecule has 2 aliphatic heterocycles. The van der Waals surface area contributed by atoms with E-state index in [2.05, 4.69) is 60.3 Å². The normalized spacial score (nSPS) is 28.9. The van der Waals surface area contributed by atoms with Crippen LogP contribution < -0.4 is 4.90 Å². The molecule has 1 saturated heterocycles. The van der Waals surface area contributed by atoms with Crippen molar-refractivity contribution >= 4 is 5.69 Å². The molecule has 4 heteroatoms. The Balaban J connectivity index is 1.77. The van der Waals surface area contributed by atoms with Crippen LogP contribution in [0.4, 0.5) is 14.5 Å². The van der Waals surface area contributed by atoms with Gasteiger partial charge in [0.2, 0.25) is 6.43 Å². The summed E-state index contributed by atoms with van der Waals surface area (Å²) in [6.45, 7) is 8.06. The molecule has 2 heterocycles. The molecule has 3 aliphatic rings. The summed E-state index contributed by atoms with van der Waals surface area (Å²) in [5.74, 6) is -0.707. The van der Waals surface area contributed by atoms with Gasteiger partial charge in [0.1, 0.15) is 0 Å². The first-order chi connectivity index (χ1) is 13.9. The molecule has 1 aromatic carbocycles. The SMILES string of the molecule is CCCC1c2c(N3C=C(C4CCCN4C)C=CC3)cccc2C(C)(C)C1C(F)F. The number of rotatable bonds is 5. The second kappa shape index (κ2) is 7.86. The molecule has 4 rings (SSSR count). The third-order valence-electron chi connectivity index (χ3n) is 7.42. The largest absolute Gasteiger partial charge is 0.344 e. The van der Waals surface area contributed by atoms with Gasteiger partial charge in [-0.1, -0.05) is 51.5 Å². The summed E-state index contributed by atoms with van der Waals surface area (Å²) in [7, 11) is 2.19. The molecule has 3 atom stereocenters. The van der Waals surface area contributed by atoms with Gasteiger partial charge in [-0.3, -0.25) is 4.90 Å². The molecule has 1 aliphatic carbocycles. The lowest BCUT2D eigenvalue weighted by atomic mass is 9.75. The van der Waals surface area contributed by atoms with Crippen molar-refractivity contribution < 1.29 is 8.78 Å². The van der Waals surface area contributed by atoms with Crippen molar-refractivity contribution in [3.05, 3.63) is 53.3 Å². The van der Waals surface area contributed by atoms with Crippen molar-refractivity contribution in [2.24, 2.45) is 5.92 Å². The highest BCUT2D eigenvalue weighted by Gasteiger charge is 2.51. The van der Waals surface area contributed by atoms with E-state index in [1.54, 1.807) is 0 Å². The fourth-order valence-electron chi connectivity index (χ4n) is 6.02. The average Bonchev–Trinajstić information content (AvgIpc) is 3.21. The Morgan fingerprint density at radius 1 is 1.24 bits per heavy atom. The maximum atomic E-state index is 14.2. The molecule has 0 spiro atoms. The van der Waals surface area contributed by atoms with Gasteiger partial charge in [-0.2, -0.15) is 0 Å². The van der Waals surface area contributed by atoms with Crippen molar-refractivity contribution in [2.45, 2.75) is 70.3 Å². The van der Waals surface area contributed by atoms with E-state index < -0.39 is 17.8 Å². The summed E-state index contributed by atoms with van der Waals surface area (Å²) in [6, 6.07) is 6.73. The van der Waals surface area contributed by atoms with Crippen LogP contribution in [0, 0.1) is 5.92 Å². The van der Waals surface area contributed by atoms with E-state index in [1.165, 1.54) is 18.4 Å². The van der Waals surface area contributed by atoms with Crippen LogP contribution in [0.2, 0.25) is 0 Å². The predicted molar refractivity (Wildman–Crippen MR) is 117 cm³/mol. The zero-order valence-electron chi connectivity index (χ0n) is 18.2. The van der Waals surface area contributed by atoms with Crippen molar-refractivity contribution in [2.75, 3.05) is 25.0 Å². The lowest BCUT2D eigenvalue weighted by Gasteiger charge is -2.31. The Bertz CT molecular complexity index is 811. The first-order valence-electron chi connectivity index (χ1n) is 11.1. The summed E-state index contributed by atoms with van der Waals surface area (Å²) >= 11 is 0. The lowest BCUT2D eigenvalue weighted by Crippen LogP contribution is -2.32. The van der Waals surface area contributed by atoms with Gasteiger partial charge in [-0.15, -0.1) is 0 Å². The number of fused-ring (bicyclic) bond motifs is 1. The van der Waals surface area contributed by atoms with Gasteiger partial charge < -0.3 is 4.90 Å². The minimum absolute atomic E-state index is 0.0851. The molecule has 0 amide bonds. The van der Waals surface area contributed by atoms with E-state index in [0.717, 1.165) is 42.7 Å². The van der Waals surface area contributed by atoms with E-state index in [0.29, 0.717) is 6.04 Å². The van der Waals surface area contributed by atoms with E-state index in [1.807, 2.05) is 13.8 Å². The number of alkyl halides is 2. The maximum Gasteiger partial charge on any atom is 0.242 e. The first kappa shape index (κ1) is 20.6. The third kappa shape index (κ3) is 3.43. The van der Waals surface area contributed by atoms with Crippen LogP contribution in [-0.4, -0.2) is 37.5 Å². The predicted octanol–water partition coefficient (Wildman–Crippen LogP) is 6.10. The Hall–Kier alpha value is -1.68. The molecule has 29 heavy (non-hydrogen) atoms. The smallest absolute Gasteiger partial charge is 0.242 e. The van der Waals surface area contributed by atoms with Gasteiger partial charge in [-0.25, -0.2) is 8.78 Å². The number of benzene rings is 1. The van der Waals surface area contributed by atoms with E-state index in [-0.39, 0.29) is 5.92 Å². The van der Waals surface area contributed by atoms with Gasteiger partial charge in [0.15, 0.2) is 0 Å². The minimum Gasteiger partial charge on any atom is -0.344 e. The minimum atomic E-state index is -2.30. The Kier molecular flexibility index (Phi) is 5.58. The number of anilines is 1. The van der Waals surface area contributed by atoms with Crippen LogP contribution in [-0.2, 0) is 5.41 Å². The summed E-state index contributed by atoms with van der Waals surface area (Å²) < 4.78 is 28.4. The molecule has 0 aromatic heterocycles. The monoisotopic (exact) mass is 400 g/mol. The molecular weight excluding hydrogens is 366 g/mol. The molecule has 158 valence electrons. The summed E-state index contributed by atoms with van der Waals surface area (Å²) in [5.41, 5.74) is 4.23. The molecule has 0 radical (unpaired) electrons. The fourth-order valence-corrected chi connectivity index (χ4v) is 6.02. The highest BCUT2D eigenvalue weighted by atomic mass is 19.3. The standard InChI is InChI=1S/C25H34F2N2/c1-5-9-18-22-19(25(2,3)23(18)24(26)27)11-6-12-21(22)29-15-7-10-17(16-29)20-13-8-14-28(20)4/h6-7,10-12,16,18,20,23-24H,5,8-9,13-15H2,1-4H3. The molecular formula is C25H34F2N2. The second-order valence-electron chi connectivity index (χ2n) is 9.54. The quantitative estimate of drug-likeness (QED) is 0.589. The van der Waals surface area contributed by atoms with Gasteiger partial charge >= 0.3 is 0 Å². The Morgan fingerprint density at radius 2 is 2.03 bits per heavy atom. The number of halogens is 2. The van der Waals surface area contributed by atoms with Crippen LogP contribution in [0.25, 0.3) is 0 Å². The van der Waals surface area contributed by atoms with E-state index in [4.69, 9.17) is 0 Å². The summed E-state index contributed by atoms with van der Waals surface area (Å²) in [4.78, 5) is 4.72. The number of hydrogen-bond donors (Lipinski definition) is 0. The third-order valence-corrected chi connectivity index (χ3v) is 7.42. The van der Waals surface area contributed by atoms with E-state index in [9.17, 15) is 8.78 Å². The van der Waals surface area contributed by atoms with Crippen LogP contribution >= 0.6 is 0 Å². The zero-order chi connectivity index (χ0) is 20.8. The highest BCUT2D eigenvalue weighted by molar-refractivity contribution is 5.66. The number of hydrogen-bond acceptors (Lipinski definition) is 2. The molecule has 3 unspecified atom stereocenters. The van der Waals surface area contributed by atoms with Gasteiger partial charge in [0.25, 0.3) is 0 Å². The molecule has 1 aromatic rings.